The first kappa shape index (κ1) is 22.6. The molecule has 1 rings (SSSR count). The number of carbonyl (C=O) groups is 1. The molecule has 0 aliphatic heterocycles. The number of unbranched alkanes of at least 4 members (excludes halogenated alkanes) is 2. The summed E-state index contributed by atoms with van der Waals surface area (Å²) in [7, 11) is 0. The Morgan fingerprint density at radius 2 is 1.81 bits per heavy atom. The average molecular weight is 367 g/mol. The zero-order valence-electron chi connectivity index (χ0n) is 17.1. The number of hydrogen-bond acceptors (Lipinski definition) is 5. The predicted molar refractivity (Wildman–Crippen MR) is 106 cm³/mol. The van der Waals surface area contributed by atoms with Crippen molar-refractivity contribution in [1.82, 2.24) is 15.2 Å². The van der Waals surface area contributed by atoms with Gasteiger partial charge >= 0.3 is 0 Å². The predicted octanol–water partition coefficient (Wildman–Crippen LogP) is 3.74. The van der Waals surface area contributed by atoms with Crippen molar-refractivity contribution in [2.45, 2.75) is 72.3 Å². The second-order valence-corrected chi connectivity index (χ2v) is 7.14. The van der Waals surface area contributed by atoms with Crippen molar-refractivity contribution in [3.63, 3.8) is 0 Å². The van der Waals surface area contributed by atoms with Crippen molar-refractivity contribution < 1.29 is 9.21 Å². The first-order valence-corrected chi connectivity index (χ1v) is 10.2. The van der Waals surface area contributed by atoms with Gasteiger partial charge in [-0.3, -0.25) is 4.79 Å². The molecule has 0 aliphatic carbocycles. The van der Waals surface area contributed by atoms with Crippen molar-refractivity contribution in [2.24, 2.45) is 11.7 Å². The Hall–Kier alpha value is -1.40. The summed E-state index contributed by atoms with van der Waals surface area (Å²) < 4.78 is 5.40. The summed E-state index contributed by atoms with van der Waals surface area (Å²) in [6, 6.07) is -0.271. The van der Waals surface area contributed by atoms with E-state index >= 15 is 0 Å². The maximum Gasteiger partial charge on any atom is 0.273 e. The molecule has 3 N–H and O–H groups in total. The van der Waals surface area contributed by atoms with Crippen LogP contribution in [-0.4, -0.2) is 42.0 Å². The number of amides is 1. The fourth-order valence-corrected chi connectivity index (χ4v) is 2.74. The van der Waals surface area contributed by atoms with Crippen molar-refractivity contribution in [1.29, 1.82) is 0 Å². The highest BCUT2D eigenvalue weighted by Crippen LogP contribution is 2.21. The van der Waals surface area contributed by atoms with E-state index in [1.165, 1.54) is 31.9 Å². The third-order valence-electron chi connectivity index (χ3n) is 4.89. The Kier molecular flexibility index (Phi) is 11.2. The Balaban J connectivity index is 2.38. The minimum atomic E-state index is -0.271. The molecule has 0 spiro atoms. The number of nitrogens with zero attached hydrogens (tertiary/aromatic N) is 2. The number of nitrogens with two attached hydrogens (primary N) is 1. The molecule has 6 nitrogen and oxygen atoms in total. The van der Waals surface area contributed by atoms with Gasteiger partial charge < -0.3 is 20.4 Å². The van der Waals surface area contributed by atoms with Gasteiger partial charge in [0.1, 0.15) is 6.26 Å². The van der Waals surface area contributed by atoms with Crippen LogP contribution in [0.3, 0.4) is 0 Å². The van der Waals surface area contributed by atoms with Crippen LogP contribution in [0.5, 0.6) is 0 Å². The molecule has 26 heavy (non-hydrogen) atoms. The van der Waals surface area contributed by atoms with Crippen LogP contribution in [0.2, 0.25) is 0 Å². The molecular weight excluding hydrogens is 328 g/mol. The number of carbonyl (C=O) groups excluding carboxylic acids is 1. The molecule has 150 valence electrons. The van der Waals surface area contributed by atoms with E-state index in [0.29, 0.717) is 18.1 Å². The van der Waals surface area contributed by atoms with E-state index in [2.05, 4.69) is 42.9 Å². The Morgan fingerprint density at radius 3 is 2.38 bits per heavy atom. The first-order chi connectivity index (χ1) is 12.5. The van der Waals surface area contributed by atoms with Gasteiger partial charge in [-0.1, -0.05) is 47.0 Å². The van der Waals surface area contributed by atoms with Gasteiger partial charge in [-0.25, -0.2) is 4.98 Å². The molecule has 0 aromatic carbocycles. The van der Waals surface area contributed by atoms with E-state index in [1.54, 1.807) is 0 Å². The summed E-state index contributed by atoms with van der Waals surface area (Å²) in [5.41, 5.74) is 6.42. The van der Waals surface area contributed by atoms with Crippen molar-refractivity contribution in [3.8, 4) is 0 Å². The van der Waals surface area contributed by atoms with Crippen LogP contribution >= 0.6 is 0 Å². The summed E-state index contributed by atoms with van der Waals surface area (Å²) in [4.78, 5) is 19.0. The first-order valence-electron chi connectivity index (χ1n) is 10.2. The van der Waals surface area contributed by atoms with Crippen LogP contribution in [0.15, 0.2) is 10.7 Å². The molecule has 0 fully saturated rings. The smallest absolute Gasteiger partial charge is 0.273 e. The second-order valence-electron chi connectivity index (χ2n) is 7.14. The van der Waals surface area contributed by atoms with Gasteiger partial charge in [-0.2, -0.15) is 0 Å². The summed E-state index contributed by atoms with van der Waals surface area (Å²) in [5.74, 6) is 0.515. The number of nitrogens with one attached hydrogen (secondary N) is 1. The molecule has 2 atom stereocenters. The second kappa shape index (κ2) is 12.9. The molecule has 1 aromatic rings. The third-order valence-corrected chi connectivity index (χ3v) is 4.89. The highest BCUT2D eigenvalue weighted by molar-refractivity contribution is 5.91. The lowest BCUT2D eigenvalue weighted by Gasteiger charge is -2.21. The van der Waals surface area contributed by atoms with Crippen LogP contribution < -0.4 is 11.1 Å². The van der Waals surface area contributed by atoms with Crippen LogP contribution in [0.1, 0.15) is 88.6 Å². The number of hydrogen-bond donors (Lipinski definition) is 2. The minimum Gasteiger partial charge on any atom is -0.446 e. The standard InChI is InChI=1S/C20H38N4O2/c1-5-8-12-24(13-9-6-2)14-10-11-22-19(25)17-15-26-20(23-17)18(21)16(4)7-3/h15-16,18H,5-14,21H2,1-4H3,(H,22,25). The normalized spacial score (nSPS) is 13.8. The zero-order valence-corrected chi connectivity index (χ0v) is 17.1. The minimum absolute atomic E-state index is 0.190. The van der Waals surface area contributed by atoms with Crippen molar-refractivity contribution in [2.75, 3.05) is 26.2 Å². The maximum atomic E-state index is 12.2. The lowest BCUT2D eigenvalue weighted by atomic mass is 10.0. The van der Waals surface area contributed by atoms with Gasteiger partial charge in [-0.15, -0.1) is 0 Å². The highest BCUT2D eigenvalue weighted by atomic mass is 16.3. The molecule has 1 aromatic heterocycles. The van der Waals surface area contributed by atoms with Gasteiger partial charge in [0.05, 0.1) is 6.04 Å². The molecule has 0 bridgehead atoms. The third kappa shape index (κ3) is 7.87. The highest BCUT2D eigenvalue weighted by Gasteiger charge is 2.20. The Labute approximate surface area is 158 Å². The monoisotopic (exact) mass is 366 g/mol. The quantitative estimate of drug-likeness (QED) is 0.490. The van der Waals surface area contributed by atoms with E-state index in [0.717, 1.165) is 32.5 Å². The molecule has 0 radical (unpaired) electrons. The summed E-state index contributed by atoms with van der Waals surface area (Å²) >= 11 is 0. The van der Waals surface area contributed by atoms with Crippen LogP contribution in [0, 0.1) is 5.92 Å². The van der Waals surface area contributed by atoms with E-state index in [-0.39, 0.29) is 17.9 Å². The average Bonchev–Trinajstić information content (AvgIpc) is 3.15. The molecule has 6 heteroatoms. The van der Waals surface area contributed by atoms with Crippen LogP contribution in [-0.2, 0) is 0 Å². The van der Waals surface area contributed by atoms with Gasteiger partial charge in [0, 0.05) is 6.54 Å². The molecule has 1 amide bonds. The number of oxazole rings is 1. The SMILES string of the molecule is CCCCN(CCCC)CCCNC(=O)c1coc(C(N)C(C)CC)n1. The fourth-order valence-electron chi connectivity index (χ4n) is 2.74. The maximum absolute atomic E-state index is 12.2. The Morgan fingerprint density at radius 1 is 1.19 bits per heavy atom. The lowest BCUT2D eigenvalue weighted by Crippen LogP contribution is -2.31. The molecule has 0 aliphatic rings. The van der Waals surface area contributed by atoms with E-state index in [1.807, 2.05) is 0 Å². The molecule has 1 heterocycles. The van der Waals surface area contributed by atoms with Gasteiger partial charge in [0.25, 0.3) is 5.91 Å². The van der Waals surface area contributed by atoms with E-state index in [4.69, 9.17) is 10.2 Å². The Bertz CT molecular complexity index is 496. The molecular formula is C20H38N4O2. The van der Waals surface area contributed by atoms with E-state index in [9.17, 15) is 4.79 Å². The number of aromatic nitrogens is 1. The number of rotatable bonds is 14. The molecule has 0 saturated carbocycles. The summed E-state index contributed by atoms with van der Waals surface area (Å²) in [5, 5.41) is 2.93. The zero-order chi connectivity index (χ0) is 19.4. The molecule has 0 saturated heterocycles. The fraction of sp³-hybridized carbons (Fsp3) is 0.800. The van der Waals surface area contributed by atoms with Gasteiger partial charge in [-0.05, 0) is 44.8 Å². The summed E-state index contributed by atoms with van der Waals surface area (Å²) in [6.45, 7) is 12.5. The molecule has 2 unspecified atom stereocenters. The van der Waals surface area contributed by atoms with Crippen molar-refractivity contribution in [3.05, 3.63) is 17.8 Å². The van der Waals surface area contributed by atoms with Gasteiger partial charge in [0.2, 0.25) is 5.89 Å². The van der Waals surface area contributed by atoms with Crippen molar-refractivity contribution >= 4 is 5.91 Å². The summed E-state index contributed by atoms with van der Waals surface area (Å²) in [6.07, 6.45) is 8.18. The topological polar surface area (TPSA) is 84.4 Å². The lowest BCUT2D eigenvalue weighted by molar-refractivity contribution is 0.0946. The van der Waals surface area contributed by atoms with Gasteiger partial charge in [0.15, 0.2) is 5.69 Å². The van der Waals surface area contributed by atoms with E-state index < -0.39 is 0 Å². The van der Waals surface area contributed by atoms with Crippen LogP contribution in [0.25, 0.3) is 0 Å². The largest absolute Gasteiger partial charge is 0.446 e. The van der Waals surface area contributed by atoms with Crippen LogP contribution in [0.4, 0.5) is 0 Å².